The molecule has 2 heterocycles. The Kier molecular flexibility index (Phi) is 32.6. The average molecular weight is 1380 g/mol. The summed E-state index contributed by atoms with van der Waals surface area (Å²) in [5, 5.41) is 27.3. The molecule has 0 aromatic heterocycles. The van der Waals surface area contributed by atoms with Gasteiger partial charge in [-0.2, -0.15) is 0 Å². The van der Waals surface area contributed by atoms with Crippen LogP contribution in [-0.2, 0) is 68.5 Å². The second kappa shape index (κ2) is 38.4. The number of nitrogens with one attached hydrogen (secondary N) is 6. The third-order valence-electron chi connectivity index (χ3n) is 18.3. The number of hydrogen-bond donors (Lipinski definition) is 9. The standard InChI is InChI=1S/C69H111N10O17P/c1-18-43(10)59(54(94-16)36-56(81)78-32-22-26-52(78)61(95-17)44(11)62(83)71-45(12)60(82)48-24-20-19-21-25-48)76(14)68(89)57(41(6)7)75-66(87)58(42(8)9)77(15)69(90)96-37-47-28-30-49(31-29-47)72-65(86)53-27-23-33-79(53)67(88)51(35-40(4)5)74-64(85)50(34-39(2)3)73-63(84)46(13)70-55(80)38-97(91,92)93/h19-21,24-25,28-31,39-46,50-54,57-61,82H,18,22-23,26-27,32-38H2,1-17H3,(H,70,80)(H,71,83)(H,72,86)(H,73,84)(H,74,85)(H,75,87)(H2,91,92,93)/t43-,44+,45+,46-,50-,51-,52?,53-,54+,57-,58-,59-,60+,61+/m0/s1. The van der Waals surface area contributed by atoms with Gasteiger partial charge in [0.25, 0.3) is 0 Å². The summed E-state index contributed by atoms with van der Waals surface area (Å²) in [5.41, 5.74) is 1.59. The van der Waals surface area contributed by atoms with Crippen LogP contribution >= 0.6 is 7.60 Å². The molecule has 0 spiro atoms. The van der Waals surface area contributed by atoms with Gasteiger partial charge >= 0.3 is 13.7 Å². The molecular formula is C69H111N10O17P. The highest BCUT2D eigenvalue weighted by Gasteiger charge is 2.45. The number of methoxy groups -OCH3 is 2. The number of anilines is 1. The van der Waals surface area contributed by atoms with Crippen LogP contribution in [-0.4, -0.2) is 208 Å². The minimum Gasteiger partial charge on any atom is -0.445 e. The highest BCUT2D eigenvalue weighted by atomic mass is 31.2. The van der Waals surface area contributed by atoms with Crippen molar-refractivity contribution < 1.29 is 81.6 Å². The Morgan fingerprint density at radius 3 is 1.81 bits per heavy atom. The molecule has 2 aliphatic rings. The zero-order valence-electron chi connectivity index (χ0n) is 59.9. The van der Waals surface area contributed by atoms with Gasteiger partial charge in [0.05, 0.1) is 48.8 Å². The predicted octanol–water partition coefficient (Wildman–Crippen LogP) is 5.25. The normalized spacial score (nSPS) is 18.7. The lowest BCUT2D eigenvalue weighted by Gasteiger charge is -2.41. The van der Waals surface area contributed by atoms with E-state index in [1.165, 1.54) is 38.0 Å². The molecule has 10 amide bonds. The number of hydrogen-bond acceptors (Lipinski definition) is 15. The number of benzene rings is 2. The van der Waals surface area contributed by atoms with E-state index in [1.54, 1.807) is 94.8 Å². The molecule has 4 rings (SSSR count). The molecule has 1 unspecified atom stereocenters. The summed E-state index contributed by atoms with van der Waals surface area (Å²) >= 11 is 0. The largest absolute Gasteiger partial charge is 0.445 e. The van der Waals surface area contributed by atoms with Gasteiger partial charge in [0.1, 0.15) is 49.0 Å². The summed E-state index contributed by atoms with van der Waals surface area (Å²) in [4.78, 5) is 163. The molecule has 0 saturated carbocycles. The number of likely N-dealkylation sites (N-methyl/N-ethyl adjacent to an activating group) is 2. The lowest BCUT2D eigenvalue weighted by atomic mass is 9.89. The van der Waals surface area contributed by atoms with Crippen molar-refractivity contribution in [3.05, 3.63) is 65.7 Å². The minimum atomic E-state index is -4.70. The van der Waals surface area contributed by atoms with Crippen molar-refractivity contribution in [3.63, 3.8) is 0 Å². The summed E-state index contributed by atoms with van der Waals surface area (Å²) in [6.45, 7) is 23.7. The molecule has 2 aliphatic heterocycles. The first kappa shape index (κ1) is 82.4. The number of likely N-dealkylation sites (tertiary alicyclic amines) is 2. The third kappa shape index (κ3) is 24.1. The highest BCUT2D eigenvalue weighted by Crippen LogP contribution is 2.34. The van der Waals surface area contributed by atoms with Crippen molar-refractivity contribution >= 4 is 72.5 Å². The Bertz CT molecular complexity index is 3010. The molecule has 2 aromatic carbocycles. The second-order valence-corrected chi connectivity index (χ2v) is 29.3. The quantitative estimate of drug-likeness (QED) is 0.0393. The summed E-state index contributed by atoms with van der Waals surface area (Å²) < 4.78 is 29.1. The van der Waals surface area contributed by atoms with Gasteiger partial charge in [-0.3, -0.25) is 52.6 Å². The zero-order valence-corrected chi connectivity index (χ0v) is 60.8. The van der Waals surface area contributed by atoms with E-state index in [-0.39, 0.29) is 62.0 Å². The molecule has 2 saturated heterocycles. The van der Waals surface area contributed by atoms with Gasteiger partial charge in [-0.05, 0) is 105 Å². The molecule has 9 N–H and O–H groups in total. The molecule has 28 heteroatoms. The Balaban J connectivity index is 1.39. The van der Waals surface area contributed by atoms with Crippen LogP contribution in [0.2, 0.25) is 0 Å². The van der Waals surface area contributed by atoms with E-state index in [2.05, 4.69) is 31.9 Å². The smallest absolute Gasteiger partial charge is 0.410 e. The minimum absolute atomic E-state index is 0.0860. The van der Waals surface area contributed by atoms with Crippen molar-refractivity contribution in [1.82, 2.24) is 46.2 Å². The van der Waals surface area contributed by atoms with Gasteiger partial charge in [-0.25, -0.2) is 4.79 Å². The Morgan fingerprint density at radius 2 is 1.26 bits per heavy atom. The van der Waals surface area contributed by atoms with E-state index in [4.69, 9.17) is 24.0 Å². The number of nitrogens with zero attached hydrogens (tertiary/aromatic N) is 4. The van der Waals surface area contributed by atoms with Crippen LogP contribution in [0.4, 0.5) is 10.5 Å². The fourth-order valence-electron chi connectivity index (χ4n) is 12.9. The van der Waals surface area contributed by atoms with E-state index in [9.17, 15) is 57.6 Å². The van der Waals surface area contributed by atoms with Gasteiger partial charge in [0.2, 0.25) is 53.2 Å². The van der Waals surface area contributed by atoms with Crippen molar-refractivity contribution in [1.29, 1.82) is 0 Å². The zero-order chi connectivity index (χ0) is 72.9. The van der Waals surface area contributed by atoms with Crippen molar-refractivity contribution in [2.45, 2.75) is 221 Å². The van der Waals surface area contributed by atoms with Gasteiger partial charge in [0, 0.05) is 47.1 Å². The number of amides is 10. The topological polar surface area (TPSA) is 361 Å². The number of rotatable bonds is 36. The van der Waals surface area contributed by atoms with E-state index >= 15 is 0 Å². The monoisotopic (exact) mass is 1380 g/mol. The molecule has 0 bridgehead atoms. The van der Waals surface area contributed by atoms with Crippen LogP contribution in [0.1, 0.15) is 159 Å². The van der Waals surface area contributed by atoms with Crippen LogP contribution in [0.5, 0.6) is 0 Å². The van der Waals surface area contributed by atoms with E-state index in [0.29, 0.717) is 55.5 Å². The van der Waals surface area contributed by atoms with E-state index < -0.39 is 152 Å². The summed E-state index contributed by atoms with van der Waals surface area (Å²) in [7, 11) is 1.38. The van der Waals surface area contributed by atoms with Crippen LogP contribution in [0, 0.1) is 35.5 Å². The summed E-state index contributed by atoms with van der Waals surface area (Å²) in [6, 6.07) is 7.36. The fraction of sp³-hybridized carbons (Fsp3) is 0.681. The van der Waals surface area contributed by atoms with Gasteiger partial charge in [-0.1, -0.05) is 125 Å². The Labute approximate surface area is 572 Å². The molecule has 27 nitrogen and oxygen atoms in total. The maximum Gasteiger partial charge on any atom is 0.410 e. The number of ether oxygens (including phenoxy) is 3. The van der Waals surface area contributed by atoms with Crippen molar-refractivity contribution in [2.24, 2.45) is 35.5 Å². The molecule has 14 atom stereocenters. The van der Waals surface area contributed by atoms with Gasteiger partial charge in [-0.15, -0.1) is 0 Å². The Hall–Kier alpha value is -7.03. The molecule has 2 aromatic rings. The summed E-state index contributed by atoms with van der Waals surface area (Å²) in [6.07, 6.45) is -1.35. The van der Waals surface area contributed by atoms with Crippen LogP contribution < -0.4 is 31.9 Å². The lowest BCUT2D eigenvalue weighted by molar-refractivity contribution is -0.148. The van der Waals surface area contributed by atoms with E-state index in [0.717, 1.165) is 0 Å². The second-order valence-electron chi connectivity index (χ2n) is 27.7. The number of carbonyl (C=O) groups is 10. The van der Waals surface area contributed by atoms with Crippen LogP contribution in [0.3, 0.4) is 0 Å². The molecule has 2 fully saturated rings. The highest BCUT2D eigenvalue weighted by molar-refractivity contribution is 7.52. The molecule has 97 heavy (non-hydrogen) atoms. The molecule has 0 aliphatic carbocycles. The molecular weight excluding hydrogens is 1270 g/mol. The maximum atomic E-state index is 14.8. The SMILES string of the molecule is CC[C@H](C)[C@@H]([C@@H](CC(=O)N1CCCC1[C@H](OC)[C@@H](C)C(=O)N[C@H](C)[C@@H](O)c1ccccc1)OC)N(C)C(=O)[C@@H](NC(=O)[C@H](C(C)C)N(C)C(=O)OCc1ccc(NC(=O)[C@@H]2CCCN2C(=O)[C@H](CC(C)C)NC(=O)[C@H](CC(C)C)NC(=O)[C@H](C)NC(=O)CP(=O)(O)O)cc1)C(C)C. The predicted molar refractivity (Wildman–Crippen MR) is 366 cm³/mol. The van der Waals surface area contributed by atoms with Crippen LogP contribution in [0.25, 0.3) is 0 Å². The van der Waals surface area contributed by atoms with Crippen LogP contribution in [0.15, 0.2) is 54.6 Å². The third-order valence-corrected chi connectivity index (χ3v) is 19.0. The first-order valence-corrected chi connectivity index (χ1v) is 35.8. The molecule has 0 radical (unpaired) electrons. The number of aliphatic hydroxyl groups is 1. The van der Waals surface area contributed by atoms with Crippen molar-refractivity contribution in [2.75, 3.05) is 52.9 Å². The van der Waals surface area contributed by atoms with Gasteiger partial charge in [0.15, 0.2) is 0 Å². The maximum absolute atomic E-state index is 14.8. The van der Waals surface area contributed by atoms with Gasteiger partial charge < -0.3 is 75.7 Å². The Morgan fingerprint density at radius 1 is 0.670 bits per heavy atom. The average Bonchev–Trinajstić information content (AvgIpc) is 1.81. The first-order valence-electron chi connectivity index (χ1n) is 34.0. The molecule has 544 valence electrons. The lowest BCUT2D eigenvalue weighted by Crippen LogP contribution is -2.60. The number of carbonyl (C=O) groups excluding carboxylic acids is 10. The van der Waals surface area contributed by atoms with E-state index in [1.807, 2.05) is 59.7 Å². The van der Waals surface area contributed by atoms with Crippen molar-refractivity contribution in [3.8, 4) is 0 Å². The fourth-order valence-corrected chi connectivity index (χ4v) is 13.3. The summed E-state index contributed by atoms with van der Waals surface area (Å²) in [5.74, 6) is -6.97. The number of aliphatic hydroxyl groups excluding tert-OH is 1. The first-order chi connectivity index (χ1) is 45.5.